The molecule has 5 rings (SSSR count). The van der Waals surface area contributed by atoms with Gasteiger partial charge >= 0.3 is 5.97 Å². The summed E-state index contributed by atoms with van der Waals surface area (Å²) in [7, 11) is 1.61. The Labute approximate surface area is 228 Å². The largest absolute Gasteiger partial charge is 0.494 e. The molecule has 1 aromatic heterocycles. The van der Waals surface area contributed by atoms with Crippen LogP contribution in [-0.2, 0) is 4.74 Å². The Bertz CT molecular complexity index is 1470. The van der Waals surface area contributed by atoms with Crippen molar-refractivity contribution in [2.45, 2.75) is 13.8 Å². The predicted octanol–water partition coefficient (Wildman–Crippen LogP) is 5.00. The monoisotopic (exact) mass is 524 g/mol. The van der Waals surface area contributed by atoms with Gasteiger partial charge in [-0.15, -0.1) is 0 Å². The summed E-state index contributed by atoms with van der Waals surface area (Å²) >= 11 is 0. The van der Waals surface area contributed by atoms with Gasteiger partial charge in [0.1, 0.15) is 11.4 Å². The van der Waals surface area contributed by atoms with Gasteiger partial charge in [0.25, 0.3) is 5.91 Å². The Balaban J connectivity index is 1.36. The van der Waals surface area contributed by atoms with Crippen molar-refractivity contribution >= 4 is 17.6 Å². The lowest BCUT2D eigenvalue weighted by Gasteiger charge is -2.36. The number of aryl methyl sites for hydroxylation is 1. The lowest BCUT2D eigenvalue weighted by Crippen LogP contribution is -2.48. The second-order valence-corrected chi connectivity index (χ2v) is 9.36. The van der Waals surface area contributed by atoms with E-state index in [0.717, 1.165) is 46.8 Å². The van der Waals surface area contributed by atoms with Crippen LogP contribution in [0.2, 0.25) is 0 Å². The molecule has 39 heavy (non-hydrogen) atoms. The van der Waals surface area contributed by atoms with E-state index in [4.69, 9.17) is 9.47 Å². The number of rotatable bonds is 7. The van der Waals surface area contributed by atoms with Gasteiger partial charge in [0.2, 0.25) is 0 Å². The van der Waals surface area contributed by atoms with Gasteiger partial charge < -0.3 is 19.3 Å². The van der Waals surface area contributed by atoms with Crippen LogP contribution in [0, 0.1) is 6.92 Å². The molecule has 0 N–H and O–H groups in total. The van der Waals surface area contributed by atoms with Gasteiger partial charge in [-0.2, -0.15) is 5.10 Å². The number of nitrogens with zero attached hydrogens (tertiary/aromatic N) is 4. The molecule has 0 unspecified atom stereocenters. The number of carbonyl (C=O) groups excluding carboxylic acids is 2. The third kappa shape index (κ3) is 5.36. The van der Waals surface area contributed by atoms with Gasteiger partial charge in [-0.1, -0.05) is 42.5 Å². The fourth-order valence-corrected chi connectivity index (χ4v) is 4.87. The number of amides is 1. The topological polar surface area (TPSA) is 76.9 Å². The smallest absolute Gasteiger partial charge is 0.358 e. The molecule has 0 spiro atoms. The standard InChI is InChI=1S/C31H32N4O4/c1-4-39-31(37)26-21-28(35(32-26)27-11-7-8-12-29(27)38-3)23-13-15-24(16-14-23)33-17-19-34(20-18-33)30(36)25-10-6-5-9-22(25)2/h5-16,21H,4,17-20H2,1-3H3. The first kappa shape index (κ1) is 26.0. The minimum Gasteiger partial charge on any atom is -0.494 e. The molecular weight excluding hydrogens is 492 g/mol. The van der Waals surface area contributed by atoms with Crippen LogP contribution in [-0.4, -0.2) is 66.5 Å². The quantitative estimate of drug-likeness (QED) is 0.317. The number of anilines is 1. The van der Waals surface area contributed by atoms with Crippen molar-refractivity contribution < 1.29 is 19.1 Å². The van der Waals surface area contributed by atoms with Gasteiger partial charge in [0, 0.05) is 43.0 Å². The number of para-hydroxylation sites is 2. The van der Waals surface area contributed by atoms with Gasteiger partial charge in [0.05, 0.1) is 19.4 Å². The Morgan fingerprint density at radius 2 is 1.59 bits per heavy atom. The molecule has 0 aliphatic carbocycles. The fourth-order valence-electron chi connectivity index (χ4n) is 4.87. The van der Waals surface area contributed by atoms with E-state index in [0.29, 0.717) is 18.8 Å². The molecule has 1 saturated heterocycles. The molecule has 2 heterocycles. The summed E-state index contributed by atoms with van der Waals surface area (Å²) in [6.07, 6.45) is 0. The second-order valence-electron chi connectivity index (χ2n) is 9.36. The van der Waals surface area contributed by atoms with Crippen LogP contribution in [0.15, 0.2) is 78.9 Å². The first-order valence-electron chi connectivity index (χ1n) is 13.1. The van der Waals surface area contributed by atoms with E-state index in [2.05, 4.69) is 22.1 Å². The van der Waals surface area contributed by atoms with Crippen molar-refractivity contribution in [3.05, 3.63) is 95.7 Å². The average molecular weight is 525 g/mol. The van der Waals surface area contributed by atoms with Crippen LogP contribution in [0.25, 0.3) is 16.9 Å². The first-order chi connectivity index (χ1) is 19.0. The zero-order valence-corrected chi connectivity index (χ0v) is 22.5. The van der Waals surface area contributed by atoms with Crippen molar-refractivity contribution in [2.75, 3.05) is 44.8 Å². The summed E-state index contributed by atoms with van der Waals surface area (Å²) in [4.78, 5) is 29.7. The molecule has 0 radical (unpaired) electrons. The number of hydrogen-bond acceptors (Lipinski definition) is 6. The van der Waals surface area contributed by atoms with E-state index < -0.39 is 5.97 Å². The van der Waals surface area contributed by atoms with Gasteiger partial charge in [-0.05, 0) is 55.8 Å². The molecule has 8 nitrogen and oxygen atoms in total. The maximum absolute atomic E-state index is 13.0. The summed E-state index contributed by atoms with van der Waals surface area (Å²) in [5.74, 6) is 0.263. The molecule has 4 aromatic rings. The number of hydrogen-bond donors (Lipinski definition) is 0. The van der Waals surface area contributed by atoms with E-state index >= 15 is 0 Å². The average Bonchev–Trinajstić information content (AvgIpc) is 3.43. The Morgan fingerprint density at radius 1 is 0.897 bits per heavy atom. The van der Waals surface area contributed by atoms with Crippen LogP contribution < -0.4 is 9.64 Å². The highest BCUT2D eigenvalue weighted by molar-refractivity contribution is 5.95. The lowest BCUT2D eigenvalue weighted by molar-refractivity contribution is 0.0518. The van der Waals surface area contributed by atoms with Crippen LogP contribution in [0.5, 0.6) is 5.75 Å². The van der Waals surface area contributed by atoms with Crippen LogP contribution in [0.1, 0.15) is 33.3 Å². The lowest BCUT2D eigenvalue weighted by atomic mass is 10.1. The zero-order valence-electron chi connectivity index (χ0n) is 22.5. The van der Waals surface area contributed by atoms with Crippen LogP contribution >= 0.6 is 0 Å². The number of aromatic nitrogens is 2. The van der Waals surface area contributed by atoms with Gasteiger partial charge in [-0.25, -0.2) is 9.48 Å². The third-order valence-electron chi connectivity index (χ3n) is 6.98. The molecule has 0 atom stereocenters. The highest BCUT2D eigenvalue weighted by atomic mass is 16.5. The minimum atomic E-state index is -0.470. The van der Waals surface area contributed by atoms with Crippen molar-refractivity contribution in [2.24, 2.45) is 0 Å². The molecular formula is C31H32N4O4. The number of ether oxygens (including phenoxy) is 2. The molecule has 0 saturated carbocycles. The molecule has 1 fully saturated rings. The number of methoxy groups -OCH3 is 1. The van der Waals surface area contributed by atoms with E-state index in [1.54, 1.807) is 24.8 Å². The Kier molecular flexibility index (Phi) is 7.63. The summed E-state index contributed by atoms with van der Waals surface area (Å²) in [6.45, 7) is 6.85. The third-order valence-corrected chi connectivity index (χ3v) is 6.98. The summed E-state index contributed by atoms with van der Waals surface area (Å²) in [6, 6.07) is 25.2. The van der Waals surface area contributed by atoms with Gasteiger partial charge in [-0.3, -0.25) is 4.79 Å². The zero-order chi connectivity index (χ0) is 27.4. The van der Waals surface area contributed by atoms with Crippen LogP contribution in [0.4, 0.5) is 5.69 Å². The predicted molar refractivity (Wildman–Crippen MR) is 151 cm³/mol. The Hall–Kier alpha value is -4.59. The number of piperazine rings is 1. The van der Waals surface area contributed by atoms with E-state index in [9.17, 15) is 9.59 Å². The van der Waals surface area contributed by atoms with E-state index in [1.165, 1.54) is 0 Å². The first-order valence-corrected chi connectivity index (χ1v) is 13.1. The highest BCUT2D eigenvalue weighted by Gasteiger charge is 2.24. The maximum Gasteiger partial charge on any atom is 0.358 e. The molecule has 3 aromatic carbocycles. The molecule has 1 amide bonds. The number of benzene rings is 3. The number of carbonyl (C=O) groups is 2. The fraction of sp³-hybridized carbons (Fsp3) is 0.258. The highest BCUT2D eigenvalue weighted by Crippen LogP contribution is 2.31. The van der Waals surface area contributed by atoms with Crippen molar-refractivity contribution in [1.82, 2.24) is 14.7 Å². The summed E-state index contributed by atoms with van der Waals surface area (Å²) in [5, 5.41) is 4.57. The van der Waals surface area contributed by atoms with E-state index in [1.807, 2.05) is 72.5 Å². The summed E-state index contributed by atoms with van der Waals surface area (Å²) in [5.41, 5.74) is 5.46. The molecule has 200 valence electrons. The molecule has 1 aliphatic rings. The number of esters is 1. The van der Waals surface area contributed by atoms with Crippen molar-refractivity contribution in [1.29, 1.82) is 0 Å². The maximum atomic E-state index is 13.0. The molecule has 8 heteroatoms. The SMILES string of the molecule is CCOC(=O)c1cc(-c2ccc(N3CCN(C(=O)c4ccccc4C)CC3)cc2)n(-c2ccccc2OC)n1. The van der Waals surface area contributed by atoms with Crippen LogP contribution in [0.3, 0.4) is 0 Å². The molecule has 0 bridgehead atoms. The van der Waals surface area contributed by atoms with E-state index in [-0.39, 0.29) is 18.2 Å². The van der Waals surface area contributed by atoms with Gasteiger partial charge in [0.15, 0.2) is 5.69 Å². The minimum absolute atomic E-state index is 0.0881. The van der Waals surface area contributed by atoms with Crippen molar-refractivity contribution in [3.63, 3.8) is 0 Å². The second kappa shape index (κ2) is 11.4. The van der Waals surface area contributed by atoms with Crippen molar-refractivity contribution in [3.8, 4) is 22.7 Å². The molecule has 1 aliphatic heterocycles. The normalized spacial score (nSPS) is 13.3. The Morgan fingerprint density at radius 3 is 2.28 bits per heavy atom. The summed E-state index contributed by atoms with van der Waals surface area (Å²) < 4.78 is 12.5.